The molecule has 246 valence electrons. The van der Waals surface area contributed by atoms with Gasteiger partial charge in [-0.05, 0) is 78.3 Å². The van der Waals surface area contributed by atoms with Crippen molar-refractivity contribution in [3.8, 4) is 22.9 Å². The van der Waals surface area contributed by atoms with Gasteiger partial charge in [-0.3, -0.25) is 0 Å². The van der Waals surface area contributed by atoms with E-state index in [0.717, 1.165) is 71.6 Å². The summed E-state index contributed by atoms with van der Waals surface area (Å²) in [6.07, 6.45) is 4.84. The number of phenolic OH excluding ortho intramolecular Hbond substituents is 1. The number of benzene rings is 3. The molecule has 5 aliphatic rings. The van der Waals surface area contributed by atoms with E-state index in [0.29, 0.717) is 70.1 Å². The summed E-state index contributed by atoms with van der Waals surface area (Å²) in [7, 11) is 0. The number of ether oxygens (including phenoxy) is 2. The topological polar surface area (TPSA) is 83.0 Å². The highest BCUT2D eigenvalue weighted by Gasteiger charge is 2.48. The summed E-state index contributed by atoms with van der Waals surface area (Å²) in [5.74, 6) is 1.08. The molecule has 1 aliphatic carbocycles. The molecule has 2 bridgehead atoms. The molecule has 0 radical (unpaired) electrons. The summed E-state index contributed by atoms with van der Waals surface area (Å²) in [5.41, 5.74) is 1.43. The fraction of sp³-hybridized carbons (Fsp3) is 0.514. The standard InChI is InChI=1S/C37H41F2N5O3/c1-2-27-31(38)8-3-21-11-26(45)12-30(32(21)27)28-6-7-29-34(33(28)39)41-36(42-35(29)44-15-24-4-5-25(16-44)40-24)47-20-37(9-10-37)19-43-13-22-17-46-18-23(22)14-43/h3,6-8,11-12,22-25,40,45H,2,4-5,9-10,13-20H2,1H3/t22-,23-,24?,25?/m0/s1. The van der Waals surface area contributed by atoms with Gasteiger partial charge < -0.3 is 29.7 Å². The molecule has 4 aromatic rings. The lowest BCUT2D eigenvalue weighted by Gasteiger charge is -2.34. The fourth-order valence-electron chi connectivity index (χ4n) is 8.80. The van der Waals surface area contributed by atoms with Crippen molar-refractivity contribution in [2.45, 2.75) is 51.1 Å². The minimum Gasteiger partial charge on any atom is -0.508 e. The van der Waals surface area contributed by atoms with E-state index in [1.807, 2.05) is 13.0 Å². The Kier molecular flexibility index (Phi) is 7.06. The number of piperazine rings is 1. The maximum atomic E-state index is 16.9. The Morgan fingerprint density at radius 1 is 0.979 bits per heavy atom. The van der Waals surface area contributed by atoms with Crippen LogP contribution in [0, 0.1) is 28.9 Å². The predicted octanol–water partition coefficient (Wildman–Crippen LogP) is 5.67. The second-order valence-corrected chi connectivity index (χ2v) is 14.7. The van der Waals surface area contributed by atoms with Crippen molar-refractivity contribution < 1.29 is 23.4 Å². The Bertz CT molecular complexity index is 1860. The molecule has 8 nitrogen and oxygen atoms in total. The van der Waals surface area contributed by atoms with E-state index in [9.17, 15) is 5.11 Å². The van der Waals surface area contributed by atoms with Gasteiger partial charge >= 0.3 is 6.01 Å². The summed E-state index contributed by atoms with van der Waals surface area (Å²) in [6, 6.07) is 10.7. The van der Waals surface area contributed by atoms with Gasteiger partial charge in [0, 0.05) is 73.0 Å². The monoisotopic (exact) mass is 641 g/mol. The summed E-state index contributed by atoms with van der Waals surface area (Å²) < 4.78 is 44.0. The largest absolute Gasteiger partial charge is 0.508 e. The Labute approximate surface area is 273 Å². The number of hydrogen-bond acceptors (Lipinski definition) is 8. The second kappa shape index (κ2) is 11.2. The van der Waals surface area contributed by atoms with Gasteiger partial charge in [0.1, 0.15) is 22.9 Å². The van der Waals surface area contributed by atoms with E-state index < -0.39 is 5.82 Å². The van der Waals surface area contributed by atoms with Crippen LogP contribution in [0.4, 0.5) is 14.6 Å². The normalized spacial score (nSPS) is 26.4. The molecule has 0 spiro atoms. The Morgan fingerprint density at radius 2 is 1.74 bits per heavy atom. The van der Waals surface area contributed by atoms with Crippen molar-refractivity contribution >= 4 is 27.5 Å². The van der Waals surface area contributed by atoms with Crippen LogP contribution in [0.2, 0.25) is 0 Å². The first-order chi connectivity index (χ1) is 22.9. The van der Waals surface area contributed by atoms with Gasteiger partial charge in [0.05, 0.1) is 19.8 Å². The molecule has 4 atom stereocenters. The van der Waals surface area contributed by atoms with E-state index in [2.05, 4.69) is 15.1 Å². The highest BCUT2D eigenvalue weighted by Crippen LogP contribution is 2.48. The number of nitrogens with one attached hydrogen (secondary N) is 1. The number of aromatic hydroxyl groups is 1. The van der Waals surface area contributed by atoms with Gasteiger partial charge in [-0.15, -0.1) is 0 Å². The number of phenols is 1. The van der Waals surface area contributed by atoms with E-state index in [1.165, 1.54) is 12.1 Å². The minimum absolute atomic E-state index is 0.00626. The molecule has 2 N–H and O–H groups in total. The van der Waals surface area contributed by atoms with Crippen LogP contribution in [0.25, 0.3) is 32.8 Å². The molecule has 1 saturated carbocycles. The summed E-state index contributed by atoms with van der Waals surface area (Å²) in [5, 5.41) is 16.2. The van der Waals surface area contributed by atoms with Crippen molar-refractivity contribution in [3.63, 3.8) is 0 Å². The third-order valence-corrected chi connectivity index (χ3v) is 11.4. The van der Waals surface area contributed by atoms with Crippen molar-refractivity contribution in [3.05, 3.63) is 53.6 Å². The minimum atomic E-state index is -0.528. The Hall–Kier alpha value is -3.60. The van der Waals surface area contributed by atoms with Crippen molar-refractivity contribution in [2.24, 2.45) is 17.3 Å². The van der Waals surface area contributed by atoms with Crippen LogP contribution in [0.5, 0.6) is 11.8 Å². The molecule has 4 aliphatic heterocycles. The van der Waals surface area contributed by atoms with Crippen molar-refractivity contribution in [2.75, 3.05) is 57.4 Å². The number of fused-ring (bicyclic) bond motifs is 5. The van der Waals surface area contributed by atoms with Crippen LogP contribution in [0.3, 0.4) is 0 Å². The van der Waals surface area contributed by atoms with Crippen LogP contribution >= 0.6 is 0 Å². The zero-order valence-electron chi connectivity index (χ0n) is 26.8. The maximum absolute atomic E-state index is 16.9. The predicted molar refractivity (Wildman–Crippen MR) is 177 cm³/mol. The Balaban J connectivity index is 1.10. The third kappa shape index (κ3) is 5.20. The van der Waals surface area contributed by atoms with Crippen molar-refractivity contribution in [1.29, 1.82) is 0 Å². The van der Waals surface area contributed by atoms with Crippen LogP contribution in [0.15, 0.2) is 36.4 Å². The number of rotatable bonds is 8. The van der Waals surface area contributed by atoms with E-state index in [-0.39, 0.29) is 34.1 Å². The maximum Gasteiger partial charge on any atom is 0.319 e. The molecular weight excluding hydrogens is 600 g/mol. The smallest absolute Gasteiger partial charge is 0.319 e. The van der Waals surface area contributed by atoms with Gasteiger partial charge in [-0.1, -0.05) is 19.1 Å². The van der Waals surface area contributed by atoms with Gasteiger partial charge in [-0.25, -0.2) is 8.78 Å². The van der Waals surface area contributed by atoms with E-state index in [1.54, 1.807) is 18.2 Å². The van der Waals surface area contributed by atoms with E-state index >= 15 is 8.78 Å². The molecule has 5 fully saturated rings. The first-order valence-corrected chi connectivity index (χ1v) is 17.2. The molecular formula is C37H41F2N5O3. The molecule has 4 saturated heterocycles. The lowest BCUT2D eigenvalue weighted by molar-refractivity contribution is 0.131. The molecule has 1 aromatic heterocycles. The van der Waals surface area contributed by atoms with Gasteiger partial charge in [0.2, 0.25) is 0 Å². The van der Waals surface area contributed by atoms with Gasteiger partial charge in [0.25, 0.3) is 0 Å². The quantitative estimate of drug-likeness (QED) is 0.255. The van der Waals surface area contributed by atoms with Crippen LogP contribution in [-0.4, -0.2) is 84.6 Å². The number of aromatic nitrogens is 2. The summed E-state index contributed by atoms with van der Waals surface area (Å²) in [6.45, 7) is 8.82. The van der Waals surface area contributed by atoms with Crippen LogP contribution < -0.4 is 15.0 Å². The number of anilines is 1. The molecule has 5 heterocycles. The Morgan fingerprint density at radius 3 is 2.47 bits per heavy atom. The lowest BCUT2D eigenvalue weighted by atomic mass is 9.92. The highest BCUT2D eigenvalue weighted by molar-refractivity contribution is 6.03. The second-order valence-electron chi connectivity index (χ2n) is 14.7. The summed E-state index contributed by atoms with van der Waals surface area (Å²) in [4.78, 5) is 14.5. The zero-order chi connectivity index (χ0) is 31.9. The zero-order valence-corrected chi connectivity index (χ0v) is 26.8. The molecule has 9 rings (SSSR count). The number of nitrogens with zero attached hydrogens (tertiary/aromatic N) is 4. The fourth-order valence-corrected chi connectivity index (χ4v) is 8.80. The lowest BCUT2D eigenvalue weighted by Crippen LogP contribution is -2.51. The molecule has 2 unspecified atom stereocenters. The first kappa shape index (κ1) is 29.5. The molecule has 10 heteroatoms. The highest BCUT2D eigenvalue weighted by atomic mass is 19.1. The van der Waals surface area contributed by atoms with E-state index in [4.69, 9.17) is 19.4 Å². The average Bonchev–Trinajstić information content (AvgIpc) is 3.30. The molecule has 47 heavy (non-hydrogen) atoms. The van der Waals surface area contributed by atoms with Crippen molar-refractivity contribution in [1.82, 2.24) is 20.2 Å². The third-order valence-electron chi connectivity index (χ3n) is 11.4. The number of halogens is 2. The van der Waals surface area contributed by atoms with Crippen LogP contribution in [-0.2, 0) is 11.2 Å². The van der Waals surface area contributed by atoms with Gasteiger partial charge in [-0.2, -0.15) is 9.97 Å². The number of hydrogen-bond donors (Lipinski definition) is 2. The SMILES string of the molecule is CCc1c(F)ccc2cc(O)cc(-c3ccc4c(N5CC6CCC(C5)N6)nc(OCC5(CN6C[C@H]7COC[C@@H]7C6)CC5)nc4c3F)c12. The number of likely N-dealkylation sites (tertiary alicyclic amines) is 1. The molecule has 0 amide bonds. The average molecular weight is 642 g/mol. The van der Waals surface area contributed by atoms with Crippen LogP contribution in [0.1, 0.15) is 38.2 Å². The number of aryl methyl sites for hydroxylation is 1. The van der Waals surface area contributed by atoms with Gasteiger partial charge in [0.15, 0.2) is 5.82 Å². The summed E-state index contributed by atoms with van der Waals surface area (Å²) >= 11 is 0. The first-order valence-electron chi connectivity index (χ1n) is 17.2. The molecule has 3 aromatic carbocycles.